The van der Waals surface area contributed by atoms with Crippen molar-refractivity contribution in [2.75, 3.05) is 18.5 Å². The van der Waals surface area contributed by atoms with Crippen molar-refractivity contribution >= 4 is 32.4 Å². The first-order chi connectivity index (χ1) is 8.34. The molecule has 1 fully saturated rings. The lowest BCUT2D eigenvalue weighted by atomic mass is 10.1. The van der Waals surface area contributed by atoms with E-state index in [0.717, 1.165) is 24.1 Å². The van der Waals surface area contributed by atoms with Crippen molar-refractivity contribution in [1.29, 1.82) is 0 Å². The van der Waals surface area contributed by atoms with Gasteiger partial charge in [-0.15, -0.1) is 0 Å². The van der Waals surface area contributed by atoms with Crippen molar-refractivity contribution < 1.29 is 4.74 Å². The van der Waals surface area contributed by atoms with Gasteiger partial charge >= 0.3 is 0 Å². The Labute approximate surface area is 109 Å². The van der Waals surface area contributed by atoms with Gasteiger partial charge in [0.25, 0.3) is 0 Å². The lowest BCUT2D eigenvalue weighted by Crippen LogP contribution is -2.18. The third-order valence-electron chi connectivity index (χ3n) is 3.16. The molecule has 0 amide bonds. The van der Waals surface area contributed by atoms with Crippen LogP contribution in [0.2, 0.25) is 0 Å². The summed E-state index contributed by atoms with van der Waals surface area (Å²) in [5.74, 6) is 0. The Hall–Kier alpha value is -1.06. The molecule has 1 atom stereocenters. The fourth-order valence-electron chi connectivity index (χ4n) is 2.26. The zero-order valence-electron chi connectivity index (χ0n) is 9.45. The lowest BCUT2D eigenvalue weighted by Gasteiger charge is -2.15. The zero-order valence-corrected chi connectivity index (χ0v) is 11.0. The number of hydrogen-bond donors (Lipinski definition) is 1. The first-order valence-corrected chi connectivity index (χ1v) is 6.65. The molecule has 0 radical (unpaired) electrons. The molecule has 0 bridgehead atoms. The molecular formula is C14H14BrNO. The Morgan fingerprint density at radius 2 is 1.94 bits per heavy atom. The van der Waals surface area contributed by atoms with Gasteiger partial charge in [0, 0.05) is 22.2 Å². The Morgan fingerprint density at radius 3 is 2.71 bits per heavy atom. The molecule has 0 spiro atoms. The van der Waals surface area contributed by atoms with Gasteiger partial charge in [0.2, 0.25) is 0 Å². The number of anilines is 1. The average Bonchev–Trinajstić information content (AvgIpc) is 2.86. The van der Waals surface area contributed by atoms with E-state index < -0.39 is 0 Å². The first-order valence-electron chi connectivity index (χ1n) is 5.86. The largest absolute Gasteiger partial charge is 0.379 e. The second-order valence-electron chi connectivity index (χ2n) is 4.35. The summed E-state index contributed by atoms with van der Waals surface area (Å²) in [7, 11) is 0. The second kappa shape index (κ2) is 4.67. The Kier molecular flexibility index (Phi) is 3.04. The maximum absolute atomic E-state index is 5.39. The van der Waals surface area contributed by atoms with Crippen LogP contribution in [0.15, 0.2) is 40.9 Å². The molecule has 2 nitrogen and oxygen atoms in total. The van der Waals surface area contributed by atoms with Gasteiger partial charge in [-0.25, -0.2) is 0 Å². The van der Waals surface area contributed by atoms with Crippen LogP contribution in [-0.2, 0) is 4.74 Å². The highest BCUT2D eigenvalue weighted by Crippen LogP contribution is 2.30. The molecular weight excluding hydrogens is 278 g/mol. The van der Waals surface area contributed by atoms with Crippen LogP contribution in [0, 0.1) is 0 Å². The molecule has 1 saturated heterocycles. The minimum absolute atomic E-state index is 0.444. The smallest absolute Gasteiger partial charge is 0.0668 e. The maximum atomic E-state index is 5.39. The van der Waals surface area contributed by atoms with Crippen molar-refractivity contribution in [1.82, 2.24) is 0 Å². The number of benzene rings is 2. The average molecular weight is 292 g/mol. The van der Waals surface area contributed by atoms with Crippen molar-refractivity contribution in [2.45, 2.75) is 12.5 Å². The van der Waals surface area contributed by atoms with Gasteiger partial charge in [-0.2, -0.15) is 0 Å². The van der Waals surface area contributed by atoms with Gasteiger partial charge in [-0.05, 0) is 23.9 Å². The minimum atomic E-state index is 0.444. The van der Waals surface area contributed by atoms with Gasteiger partial charge in [-0.3, -0.25) is 0 Å². The molecule has 1 aliphatic rings. The molecule has 2 aromatic rings. The van der Waals surface area contributed by atoms with Crippen molar-refractivity contribution in [3.63, 3.8) is 0 Å². The molecule has 1 unspecified atom stereocenters. The second-order valence-corrected chi connectivity index (χ2v) is 5.20. The quantitative estimate of drug-likeness (QED) is 0.909. The number of ether oxygens (including phenoxy) is 1. The summed E-state index contributed by atoms with van der Waals surface area (Å²) < 4.78 is 6.53. The Morgan fingerprint density at radius 1 is 1.12 bits per heavy atom. The predicted octanol–water partition coefficient (Wildman–Crippen LogP) is 3.80. The van der Waals surface area contributed by atoms with Gasteiger partial charge in [0.15, 0.2) is 0 Å². The summed E-state index contributed by atoms with van der Waals surface area (Å²) >= 11 is 3.59. The molecule has 17 heavy (non-hydrogen) atoms. The lowest BCUT2D eigenvalue weighted by molar-refractivity contribution is 0.195. The van der Waals surface area contributed by atoms with E-state index in [9.17, 15) is 0 Å². The third-order valence-corrected chi connectivity index (χ3v) is 3.85. The summed E-state index contributed by atoms with van der Waals surface area (Å²) in [5.41, 5.74) is 1.19. The Balaban J connectivity index is 2.01. The highest BCUT2D eigenvalue weighted by molar-refractivity contribution is 9.10. The van der Waals surface area contributed by atoms with E-state index in [2.05, 4.69) is 57.6 Å². The van der Waals surface area contributed by atoms with Crippen LogP contribution < -0.4 is 5.32 Å². The number of rotatable bonds is 2. The molecule has 88 valence electrons. The summed E-state index contributed by atoms with van der Waals surface area (Å²) in [6.45, 7) is 1.68. The number of fused-ring (bicyclic) bond motifs is 1. The molecule has 3 rings (SSSR count). The maximum Gasteiger partial charge on any atom is 0.0668 e. The fourth-order valence-corrected chi connectivity index (χ4v) is 2.73. The molecule has 1 heterocycles. The third kappa shape index (κ3) is 2.17. The van der Waals surface area contributed by atoms with Crippen molar-refractivity contribution in [2.24, 2.45) is 0 Å². The predicted molar refractivity (Wildman–Crippen MR) is 74.5 cm³/mol. The van der Waals surface area contributed by atoms with E-state index in [1.54, 1.807) is 0 Å². The first kappa shape index (κ1) is 11.1. The SMILES string of the molecule is Brc1ccc(NC2CCOC2)c2ccccc12. The highest BCUT2D eigenvalue weighted by Gasteiger charge is 2.16. The molecule has 1 aliphatic heterocycles. The summed E-state index contributed by atoms with van der Waals surface area (Å²) in [5, 5.41) is 6.07. The molecule has 1 N–H and O–H groups in total. The van der Waals surface area contributed by atoms with Crippen LogP contribution in [0.4, 0.5) is 5.69 Å². The van der Waals surface area contributed by atoms with Crippen LogP contribution in [0.5, 0.6) is 0 Å². The van der Waals surface area contributed by atoms with Crippen LogP contribution in [0.3, 0.4) is 0 Å². The van der Waals surface area contributed by atoms with E-state index in [1.165, 1.54) is 16.5 Å². The molecule has 2 aromatic carbocycles. The summed E-state index contributed by atoms with van der Waals surface area (Å²) in [4.78, 5) is 0. The van der Waals surface area contributed by atoms with Gasteiger partial charge in [-0.1, -0.05) is 40.2 Å². The number of nitrogens with one attached hydrogen (secondary N) is 1. The number of halogens is 1. The van der Waals surface area contributed by atoms with Crippen molar-refractivity contribution in [3.8, 4) is 0 Å². The van der Waals surface area contributed by atoms with E-state index in [-0.39, 0.29) is 0 Å². The van der Waals surface area contributed by atoms with Crippen LogP contribution in [-0.4, -0.2) is 19.3 Å². The van der Waals surface area contributed by atoms with Crippen molar-refractivity contribution in [3.05, 3.63) is 40.9 Å². The molecule has 3 heteroatoms. The van der Waals surface area contributed by atoms with Gasteiger partial charge in [0.1, 0.15) is 0 Å². The fraction of sp³-hybridized carbons (Fsp3) is 0.286. The van der Waals surface area contributed by atoms with Crippen LogP contribution in [0.25, 0.3) is 10.8 Å². The molecule has 0 aromatic heterocycles. The van der Waals surface area contributed by atoms with Gasteiger partial charge < -0.3 is 10.1 Å². The van der Waals surface area contributed by atoms with Crippen LogP contribution in [0.1, 0.15) is 6.42 Å². The topological polar surface area (TPSA) is 21.3 Å². The zero-order chi connectivity index (χ0) is 11.7. The summed E-state index contributed by atoms with van der Waals surface area (Å²) in [6, 6.07) is 13.1. The Bertz CT molecular complexity index is 535. The van der Waals surface area contributed by atoms with E-state index in [4.69, 9.17) is 4.74 Å². The van der Waals surface area contributed by atoms with E-state index >= 15 is 0 Å². The molecule has 0 saturated carbocycles. The number of hydrogen-bond acceptors (Lipinski definition) is 2. The van der Waals surface area contributed by atoms with E-state index in [0.29, 0.717) is 6.04 Å². The monoisotopic (exact) mass is 291 g/mol. The van der Waals surface area contributed by atoms with E-state index in [1.807, 2.05) is 0 Å². The van der Waals surface area contributed by atoms with Gasteiger partial charge in [0.05, 0.1) is 12.6 Å². The highest BCUT2D eigenvalue weighted by atomic mass is 79.9. The van der Waals surface area contributed by atoms with Crippen LogP contribution >= 0.6 is 15.9 Å². The standard InChI is InChI=1S/C14H14BrNO/c15-13-5-6-14(16-10-7-8-17-9-10)12-4-2-1-3-11(12)13/h1-6,10,16H,7-9H2. The molecule has 0 aliphatic carbocycles. The normalized spacial score (nSPS) is 19.7. The minimum Gasteiger partial charge on any atom is -0.379 e. The summed E-state index contributed by atoms with van der Waals surface area (Å²) in [6.07, 6.45) is 1.09.